The van der Waals surface area contributed by atoms with E-state index in [4.69, 9.17) is 0 Å². The molecule has 0 radical (unpaired) electrons. The number of nitrogens with one attached hydrogen (secondary N) is 1. The Morgan fingerprint density at radius 3 is 2.21 bits per heavy atom. The number of methoxy groups -OCH3 is 1. The van der Waals surface area contributed by atoms with Crippen molar-refractivity contribution in [2.45, 2.75) is 26.2 Å². The molecule has 0 atom stereocenters. The topological polar surface area (TPSA) is 75.6 Å². The lowest BCUT2D eigenvalue weighted by molar-refractivity contribution is 0.0597. The highest BCUT2D eigenvalue weighted by molar-refractivity contribution is 6.05. The second-order valence-electron chi connectivity index (χ2n) is 6.50. The van der Waals surface area contributed by atoms with Gasteiger partial charge in [-0.2, -0.15) is 0 Å². The molecule has 5 heteroatoms. The second kappa shape index (κ2) is 6.74. The van der Waals surface area contributed by atoms with Crippen LogP contribution < -0.4 is 5.32 Å². The molecule has 0 aliphatic carbocycles. The molecule has 0 saturated carbocycles. The lowest BCUT2D eigenvalue weighted by atomic mass is 9.87. The minimum Gasteiger partial charge on any atom is -0.507 e. The SMILES string of the molecule is COC(=O)c1cc(NC(=O)c2ccc(C(C)(C)C)cc2)ccc1O. The molecular formula is C19H21NO4. The number of hydrogen-bond donors (Lipinski definition) is 2. The van der Waals surface area contributed by atoms with Crippen molar-refractivity contribution < 1.29 is 19.4 Å². The lowest BCUT2D eigenvalue weighted by Crippen LogP contribution is -2.14. The molecular weight excluding hydrogens is 306 g/mol. The zero-order chi connectivity index (χ0) is 17.9. The van der Waals surface area contributed by atoms with Crippen molar-refractivity contribution in [2.75, 3.05) is 12.4 Å². The number of amides is 1. The van der Waals surface area contributed by atoms with E-state index in [1.165, 1.54) is 25.3 Å². The van der Waals surface area contributed by atoms with Gasteiger partial charge in [0, 0.05) is 11.3 Å². The van der Waals surface area contributed by atoms with Gasteiger partial charge in [-0.05, 0) is 41.3 Å². The summed E-state index contributed by atoms with van der Waals surface area (Å²) >= 11 is 0. The van der Waals surface area contributed by atoms with Crippen LogP contribution in [-0.4, -0.2) is 24.1 Å². The van der Waals surface area contributed by atoms with Crippen molar-refractivity contribution >= 4 is 17.6 Å². The summed E-state index contributed by atoms with van der Waals surface area (Å²) in [5, 5.41) is 12.4. The van der Waals surface area contributed by atoms with E-state index in [1.54, 1.807) is 12.1 Å². The van der Waals surface area contributed by atoms with E-state index in [9.17, 15) is 14.7 Å². The van der Waals surface area contributed by atoms with Crippen LogP contribution in [0.2, 0.25) is 0 Å². The van der Waals surface area contributed by atoms with E-state index in [-0.39, 0.29) is 22.6 Å². The van der Waals surface area contributed by atoms with E-state index >= 15 is 0 Å². The number of aromatic hydroxyl groups is 1. The van der Waals surface area contributed by atoms with Gasteiger partial charge in [0.05, 0.1) is 7.11 Å². The molecule has 0 aromatic heterocycles. The standard InChI is InChI=1S/C19H21NO4/c1-19(2,3)13-7-5-12(6-8-13)17(22)20-14-9-10-16(21)15(11-14)18(23)24-4/h5-11,21H,1-4H3,(H,20,22). The fourth-order valence-electron chi connectivity index (χ4n) is 2.21. The largest absolute Gasteiger partial charge is 0.507 e. The lowest BCUT2D eigenvalue weighted by Gasteiger charge is -2.19. The maximum atomic E-state index is 12.3. The number of rotatable bonds is 3. The van der Waals surface area contributed by atoms with Crippen LogP contribution in [0.1, 0.15) is 47.1 Å². The van der Waals surface area contributed by atoms with E-state index in [1.807, 2.05) is 12.1 Å². The molecule has 0 aliphatic rings. The van der Waals surface area contributed by atoms with Crippen LogP contribution in [0.3, 0.4) is 0 Å². The van der Waals surface area contributed by atoms with Crippen LogP contribution in [0, 0.1) is 0 Å². The first-order valence-corrected chi connectivity index (χ1v) is 7.55. The Morgan fingerprint density at radius 2 is 1.67 bits per heavy atom. The summed E-state index contributed by atoms with van der Waals surface area (Å²) in [6.45, 7) is 6.31. The Kier molecular flexibility index (Phi) is 4.93. The van der Waals surface area contributed by atoms with Gasteiger partial charge in [0.25, 0.3) is 5.91 Å². The first-order valence-electron chi connectivity index (χ1n) is 7.55. The summed E-state index contributed by atoms with van der Waals surface area (Å²) in [6, 6.07) is 11.6. The van der Waals surface area contributed by atoms with E-state index < -0.39 is 5.97 Å². The Hall–Kier alpha value is -2.82. The van der Waals surface area contributed by atoms with E-state index in [2.05, 4.69) is 30.8 Å². The molecule has 2 aromatic rings. The number of carbonyl (C=O) groups is 2. The molecule has 2 rings (SSSR count). The Labute approximate surface area is 141 Å². The minimum absolute atomic E-state index is 0.00150. The van der Waals surface area contributed by atoms with Gasteiger partial charge in [-0.1, -0.05) is 32.9 Å². The average Bonchev–Trinajstić information content (AvgIpc) is 2.55. The summed E-state index contributed by atoms with van der Waals surface area (Å²) in [6.07, 6.45) is 0. The maximum absolute atomic E-state index is 12.3. The van der Waals surface area contributed by atoms with Crippen LogP contribution in [0.4, 0.5) is 5.69 Å². The number of carbonyl (C=O) groups excluding carboxylic acids is 2. The molecule has 0 unspecified atom stereocenters. The first-order chi connectivity index (χ1) is 11.2. The van der Waals surface area contributed by atoms with Crippen molar-refractivity contribution in [3.05, 3.63) is 59.2 Å². The third kappa shape index (κ3) is 3.93. The number of esters is 1. The van der Waals surface area contributed by atoms with Crippen molar-refractivity contribution in [3.8, 4) is 5.75 Å². The molecule has 1 amide bonds. The quantitative estimate of drug-likeness (QED) is 0.665. The molecule has 0 bridgehead atoms. The van der Waals surface area contributed by atoms with Crippen molar-refractivity contribution in [1.82, 2.24) is 0 Å². The monoisotopic (exact) mass is 327 g/mol. The summed E-state index contributed by atoms with van der Waals surface area (Å²) in [5.74, 6) is -1.16. The van der Waals surface area contributed by atoms with Gasteiger partial charge in [0.2, 0.25) is 0 Å². The summed E-state index contributed by atoms with van der Waals surface area (Å²) in [4.78, 5) is 23.9. The van der Waals surface area contributed by atoms with Gasteiger partial charge in [-0.3, -0.25) is 4.79 Å². The van der Waals surface area contributed by atoms with Gasteiger partial charge in [0.1, 0.15) is 11.3 Å². The Bertz CT molecular complexity index is 758. The highest BCUT2D eigenvalue weighted by Crippen LogP contribution is 2.24. The normalized spacial score (nSPS) is 11.0. The number of phenolic OH excluding ortho intramolecular Hbond substituents is 1. The average molecular weight is 327 g/mol. The predicted molar refractivity (Wildman–Crippen MR) is 92.5 cm³/mol. The Morgan fingerprint density at radius 1 is 1.04 bits per heavy atom. The van der Waals surface area contributed by atoms with Crippen molar-refractivity contribution in [1.29, 1.82) is 0 Å². The molecule has 0 heterocycles. The van der Waals surface area contributed by atoms with E-state index in [0.29, 0.717) is 11.3 Å². The minimum atomic E-state index is -0.668. The second-order valence-corrected chi connectivity index (χ2v) is 6.50. The third-order valence-corrected chi connectivity index (χ3v) is 3.67. The van der Waals surface area contributed by atoms with Gasteiger partial charge in [-0.15, -0.1) is 0 Å². The summed E-state index contributed by atoms with van der Waals surface area (Å²) < 4.78 is 4.60. The molecule has 2 aromatic carbocycles. The summed E-state index contributed by atoms with van der Waals surface area (Å²) in [7, 11) is 1.23. The van der Waals surface area contributed by atoms with Crippen LogP contribution >= 0.6 is 0 Å². The highest BCUT2D eigenvalue weighted by atomic mass is 16.5. The maximum Gasteiger partial charge on any atom is 0.341 e. The predicted octanol–water partition coefficient (Wildman–Crippen LogP) is 3.73. The molecule has 0 aliphatic heterocycles. The van der Waals surface area contributed by atoms with Crippen molar-refractivity contribution in [3.63, 3.8) is 0 Å². The molecule has 24 heavy (non-hydrogen) atoms. The summed E-state index contributed by atoms with van der Waals surface area (Å²) in [5.41, 5.74) is 2.06. The first kappa shape index (κ1) is 17.5. The number of benzene rings is 2. The number of hydrogen-bond acceptors (Lipinski definition) is 4. The van der Waals surface area contributed by atoms with E-state index in [0.717, 1.165) is 5.56 Å². The molecule has 126 valence electrons. The van der Waals surface area contributed by atoms with Gasteiger partial charge in [0.15, 0.2) is 0 Å². The molecule has 0 spiro atoms. The smallest absolute Gasteiger partial charge is 0.341 e. The number of ether oxygens (including phenoxy) is 1. The van der Waals surface area contributed by atoms with Crippen molar-refractivity contribution in [2.24, 2.45) is 0 Å². The van der Waals surface area contributed by atoms with Crippen LogP contribution in [-0.2, 0) is 10.2 Å². The zero-order valence-corrected chi connectivity index (χ0v) is 14.2. The Balaban J connectivity index is 2.19. The fraction of sp³-hybridized carbons (Fsp3) is 0.263. The van der Waals surface area contributed by atoms with Gasteiger partial charge in [-0.25, -0.2) is 4.79 Å². The van der Waals surface area contributed by atoms with Crippen LogP contribution in [0.5, 0.6) is 5.75 Å². The number of anilines is 1. The fourth-order valence-corrected chi connectivity index (χ4v) is 2.21. The molecule has 5 nitrogen and oxygen atoms in total. The van der Waals surface area contributed by atoms with Crippen LogP contribution in [0.25, 0.3) is 0 Å². The third-order valence-electron chi connectivity index (χ3n) is 3.67. The van der Waals surface area contributed by atoms with Crippen LogP contribution in [0.15, 0.2) is 42.5 Å². The zero-order valence-electron chi connectivity index (χ0n) is 14.2. The molecule has 0 fully saturated rings. The highest BCUT2D eigenvalue weighted by Gasteiger charge is 2.16. The van der Waals surface area contributed by atoms with Gasteiger partial charge >= 0.3 is 5.97 Å². The van der Waals surface area contributed by atoms with Gasteiger partial charge < -0.3 is 15.2 Å². The molecule has 2 N–H and O–H groups in total. The molecule has 0 saturated heterocycles. The number of phenols is 1.